The number of benzene rings is 1. The number of rotatable bonds is 3. The number of aromatic nitrogens is 2. The third kappa shape index (κ3) is 3.11. The van der Waals surface area contributed by atoms with Crippen molar-refractivity contribution in [3.63, 3.8) is 0 Å². The van der Waals surface area contributed by atoms with Gasteiger partial charge in [-0.15, -0.1) is 23.1 Å². The van der Waals surface area contributed by atoms with Gasteiger partial charge in [-0.25, -0.2) is 4.98 Å². The summed E-state index contributed by atoms with van der Waals surface area (Å²) in [5, 5.41) is 11.0. The quantitative estimate of drug-likeness (QED) is 0.684. The SMILES string of the molecule is O=c1c2c3c(sc2nc2n1CCCCC2)C(Sc1ccccc1)C(CO)CC3. The molecule has 5 rings (SSSR count). The van der Waals surface area contributed by atoms with Crippen molar-refractivity contribution < 1.29 is 5.11 Å². The van der Waals surface area contributed by atoms with E-state index in [-0.39, 0.29) is 23.3 Å². The van der Waals surface area contributed by atoms with E-state index in [4.69, 9.17) is 4.98 Å². The van der Waals surface area contributed by atoms with E-state index in [1.165, 1.54) is 21.8 Å². The summed E-state index contributed by atoms with van der Waals surface area (Å²) < 4.78 is 1.93. The molecule has 4 nitrogen and oxygen atoms in total. The molecule has 1 aliphatic carbocycles. The number of hydrogen-bond donors (Lipinski definition) is 1. The van der Waals surface area contributed by atoms with Gasteiger partial charge in [0.2, 0.25) is 0 Å². The molecule has 1 aliphatic heterocycles. The van der Waals surface area contributed by atoms with Crippen LogP contribution < -0.4 is 5.56 Å². The van der Waals surface area contributed by atoms with Gasteiger partial charge in [0.15, 0.2) is 0 Å². The van der Waals surface area contributed by atoms with Crippen LogP contribution in [0, 0.1) is 5.92 Å². The summed E-state index contributed by atoms with van der Waals surface area (Å²) in [5.74, 6) is 1.17. The standard InChI is InChI=1S/C22H24N2O2S2/c25-13-14-10-11-16-18-21(23-17-9-5-2-6-12-24(17)22(18)26)28-20(16)19(14)27-15-7-3-1-4-8-15/h1,3-4,7-8,14,19,25H,2,5-6,9-13H2. The Kier molecular flexibility index (Phi) is 5.03. The Bertz CT molecular complexity index is 1060. The maximum absolute atomic E-state index is 13.3. The average molecular weight is 413 g/mol. The molecule has 28 heavy (non-hydrogen) atoms. The molecule has 6 heteroatoms. The van der Waals surface area contributed by atoms with E-state index in [0.717, 1.165) is 54.7 Å². The summed E-state index contributed by atoms with van der Waals surface area (Å²) in [7, 11) is 0. The van der Waals surface area contributed by atoms with Crippen molar-refractivity contribution >= 4 is 33.3 Å². The lowest BCUT2D eigenvalue weighted by molar-refractivity contribution is 0.212. The lowest BCUT2D eigenvalue weighted by atomic mass is 9.88. The Morgan fingerprint density at radius 1 is 1.18 bits per heavy atom. The van der Waals surface area contributed by atoms with Crippen LogP contribution in [0.4, 0.5) is 0 Å². The highest BCUT2D eigenvalue weighted by molar-refractivity contribution is 7.99. The largest absolute Gasteiger partial charge is 0.396 e. The second-order valence-electron chi connectivity index (χ2n) is 7.75. The van der Waals surface area contributed by atoms with Gasteiger partial charge in [-0.05, 0) is 49.3 Å². The number of nitrogens with zero attached hydrogens (tertiary/aromatic N) is 2. The predicted molar refractivity (Wildman–Crippen MR) is 115 cm³/mol. The van der Waals surface area contributed by atoms with E-state index in [2.05, 4.69) is 24.3 Å². The van der Waals surface area contributed by atoms with Crippen molar-refractivity contribution in [1.29, 1.82) is 0 Å². The van der Waals surface area contributed by atoms with E-state index in [1.807, 2.05) is 22.4 Å². The molecule has 0 fully saturated rings. The van der Waals surface area contributed by atoms with Crippen LogP contribution in [-0.2, 0) is 19.4 Å². The molecular formula is C22H24N2O2S2. The number of thiophene rings is 1. The third-order valence-electron chi connectivity index (χ3n) is 6.00. The summed E-state index contributed by atoms with van der Waals surface area (Å²) in [6.45, 7) is 0.976. The van der Waals surface area contributed by atoms with Gasteiger partial charge in [0.05, 0.1) is 5.39 Å². The van der Waals surface area contributed by atoms with Crippen molar-refractivity contribution in [3.05, 3.63) is 57.0 Å². The molecule has 0 bridgehead atoms. The summed E-state index contributed by atoms with van der Waals surface area (Å²) in [6.07, 6.45) is 6.02. The maximum Gasteiger partial charge on any atom is 0.262 e. The summed E-state index contributed by atoms with van der Waals surface area (Å²) in [5.41, 5.74) is 1.35. The maximum atomic E-state index is 13.3. The van der Waals surface area contributed by atoms with Crippen molar-refractivity contribution in [2.24, 2.45) is 5.92 Å². The number of aliphatic hydroxyl groups is 1. The molecule has 2 aromatic heterocycles. The number of thioether (sulfide) groups is 1. The van der Waals surface area contributed by atoms with E-state index in [0.29, 0.717) is 0 Å². The van der Waals surface area contributed by atoms with E-state index in [1.54, 1.807) is 11.3 Å². The van der Waals surface area contributed by atoms with Gasteiger partial charge in [0.1, 0.15) is 10.7 Å². The molecular weight excluding hydrogens is 388 g/mol. The lowest BCUT2D eigenvalue weighted by Crippen LogP contribution is -2.26. The van der Waals surface area contributed by atoms with E-state index < -0.39 is 0 Å². The van der Waals surface area contributed by atoms with Crippen molar-refractivity contribution in [2.75, 3.05) is 6.61 Å². The van der Waals surface area contributed by atoms with Gasteiger partial charge in [-0.3, -0.25) is 9.36 Å². The van der Waals surface area contributed by atoms with Crippen LogP contribution in [0.3, 0.4) is 0 Å². The molecule has 0 radical (unpaired) electrons. The summed E-state index contributed by atoms with van der Waals surface area (Å²) in [6, 6.07) is 10.4. The molecule has 1 aromatic carbocycles. The van der Waals surface area contributed by atoms with Gasteiger partial charge in [-0.2, -0.15) is 0 Å². The van der Waals surface area contributed by atoms with Gasteiger partial charge in [-0.1, -0.05) is 24.6 Å². The fourth-order valence-corrected chi connectivity index (χ4v) is 7.37. The van der Waals surface area contributed by atoms with Crippen LogP contribution in [0.25, 0.3) is 10.2 Å². The van der Waals surface area contributed by atoms with E-state index >= 15 is 0 Å². The number of aryl methyl sites for hydroxylation is 2. The van der Waals surface area contributed by atoms with Gasteiger partial charge in [0.25, 0.3) is 5.56 Å². The van der Waals surface area contributed by atoms with Gasteiger partial charge < -0.3 is 5.11 Å². The monoisotopic (exact) mass is 412 g/mol. The predicted octanol–water partition coefficient (Wildman–Crippen LogP) is 4.57. The number of fused-ring (bicyclic) bond motifs is 4. The normalized spacial score (nSPS) is 21.9. The Hall–Kier alpha value is -1.63. The lowest BCUT2D eigenvalue weighted by Gasteiger charge is -2.30. The Labute approximate surface area is 172 Å². The Balaban J connectivity index is 1.65. The van der Waals surface area contributed by atoms with Crippen LogP contribution in [0.2, 0.25) is 0 Å². The molecule has 0 saturated heterocycles. The molecule has 3 heterocycles. The second-order valence-corrected chi connectivity index (χ2v) is 10.00. The average Bonchev–Trinajstić information content (AvgIpc) is 2.92. The highest BCUT2D eigenvalue weighted by Gasteiger charge is 2.34. The zero-order valence-electron chi connectivity index (χ0n) is 15.8. The molecule has 0 amide bonds. The molecule has 2 aliphatic rings. The molecule has 146 valence electrons. The first-order valence-corrected chi connectivity index (χ1v) is 11.8. The van der Waals surface area contributed by atoms with Crippen LogP contribution in [0.1, 0.15) is 47.2 Å². The van der Waals surface area contributed by atoms with Crippen LogP contribution in [0.15, 0.2) is 40.0 Å². The Morgan fingerprint density at radius 2 is 2.04 bits per heavy atom. The third-order valence-corrected chi connectivity index (χ3v) is 8.77. The molecule has 2 unspecified atom stereocenters. The second kappa shape index (κ2) is 7.65. The zero-order chi connectivity index (χ0) is 19.1. The smallest absolute Gasteiger partial charge is 0.262 e. The first-order chi connectivity index (χ1) is 13.8. The minimum atomic E-state index is 0.158. The van der Waals surface area contributed by atoms with Crippen molar-refractivity contribution in [3.8, 4) is 0 Å². The molecule has 0 spiro atoms. The molecule has 1 N–H and O–H groups in total. The minimum absolute atomic E-state index is 0.158. The topological polar surface area (TPSA) is 55.1 Å². The summed E-state index contributed by atoms with van der Waals surface area (Å²) >= 11 is 3.49. The zero-order valence-corrected chi connectivity index (χ0v) is 17.4. The first-order valence-electron chi connectivity index (χ1n) is 10.1. The number of hydrogen-bond acceptors (Lipinski definition) is 5. The molecule has 2 atom stereocenters. The molecule has 0 saturated carbocycles. The Morgan fingerprint density at radius 3 is 2.86 bits per heavy atom. The van der Waals surface area contributed by atoms with Gasteiger partial charge >= 0.3 is 0 Å². The fraction of sp³-hybridized carbons (Fsp3) is 0.455. The van der Waals surface area contributed by atoms with Crippen LogP contribution in [-0.4, -0.2) is 21.3 Å². The minimum Gasteiger partial charge on any atom is -0.396 e. The van der Waals surface area contributed by atoms with E-state index in [9.17, 15) is 9.90 Å². The number of aliphatic hydroxyl groups excluding tert-OH is 1. The van der Waals surface area contributed by atoms with Crippen molar-refractivity contribution in [2.45, 2.75) is 55.2 Å². The highest BCUT2D eigenvalue weighted by Crippen LogP contribution is 2.51. The van der Waals surface area contributed by atoms with Crippen LogP contribution >= 0.6 is 23.1 Å². The summed E-state index contributed by atoms with van der Waals surface area (Å²) in [4.78, 5) is 21.7. The van der Waals surface area contributed by atoms with Crippen molar-refractivity contribution in [1.82, 2.24) is 9.55 Å². The first kappa shape index (κ1) is 18.4. The molecule has 3 aromatic rings. The van der Waals surface area contributed by atoms with Crippen LogP contribution in [0.5, 0.6) is 0 Å². The van der Waals surface area contributed by atoms with Gasteiger partial charge in [0, 0.05) is 34.6 Å². The fourth-order valence-electron chi connectivity index (χ4n) is 4.50. The highest BCUT2D eigenvalue weighted by atomic mass is 32.2.